The maximum atomic E-state index is 4.98. The molecule has 1 aromatic rings. The first-order valence-electron chi connectivity index (χ1n) is 5.79. The van der Waals surface area contributed by atoms with Crippen molar-refractivity contribution in [3.63, 3.8) is 0 Å². The normalized spacial score (nSPS) is 9.33. The summed E-state index contributed by atoms with van der Waals surface area (Å²) in [7, 11) is 1.71. The van der Waals surface area contributed by atoms with Crippen molar-refractivity contribution in [1.82, 2.24) is 0 Å². The molecule has 1 nitrogen and oxygen atoms in total. The molecule has 0 unspecified atom stereocenters. The van der Waals surface area contributed by atoms with Crippen LogP contribution < -0.4 is 0 Å². The van der Waals surface area contributed by atoms with Crippen molar-refractivity contribution < 1.29 is 4.74 Å². The van der Waals surface area contributed by atoms with Gasteiger partial charge >= 0.3 is 0 Å². The topological polar surface area (TPSA) is 9.23 Å². The van der Waals surface area contributed by atoms with Crippen molar-refractivity contribution in [2.24, 2.45) is 0 Å². The second-order valence-electron chi connectivity index (χ2n) is 3.78. The number of aryl methyl sites for hydroxylation is 1. The van der Waals surface area contributed by atoms with E-state index in [0.29, 0.717) is 6.61 Å². The van der Waals surface area contributed by atoms with Crippen molar-refractivity contribution in [2.45, 2.75) is 46.6 Å². The molecule has 1 rings (SSSR count). The molecule has 0 spiro atoms. The third-order valence-corrected chi connectivity index (χ3v) is 2.10. The molecule has 0 atom stereocenters. The first-order valence-corrected chi connectivity index (χ1v) is 5.79. The molecule has 0 heterocycles. The van der Waals surface area contributed by atoms with E-state index < -0.39 is 0 Å². The molecule has 0 saturated carbocycles. The largest absolute Gasteiger partial charge is 0.380 e. The highest BCUT2D eigenvalue weighted by atomic mass is 16.5. The van der Waals surface area contributed by atoms with Crippen LogP contribution in [0.4, 0.5) is 0 Å². The number of rotatable bonds is 4. The number of methoxy groups -OCH3 is 1. The smallest absolute Gasteiger partial charge is 0.0713 e. The van der Waals surface area contributed by atoms with Gasteiger partial charge in [-0.1, -0.05) is 62.9 Å². The van der Waals surface area contributed by atoms with Crippen LogP contribution in [-0.4, -0.2) is 7.11 Å². The van der Waals surface area contributed by atoms with Crippen molar-refractivity contribution in [3.05, 3.63) is 35.4 Å². The molecule has 86 valence electrons. The summed E-state index contributed by atoms with van der Waals surface area (Å²) in [5.74, 6) is 0. The lowest BCUT2D eigenvalue weighted by atomic mass is 10.1. The third-order valence-electron chi connectivity index (χ3n) is 2.10. The highest BCUT2D eigenvalue weighted by molar-refractivity contribution is 5.21. The summed E-state index contributed by atoms with van der Waals surface area (Å²) in [4.78, 5) is 0. The predicted octanol–water partition coefficient (Wildman–Crippen LogP) is 4.34. The number of hydrogen-bond acceptors (Lipinski definition) is 1. The van der Waals surface area contributed by atoms with Gasteiger partial charge in [0, 0.05) is 7.11 Å². The minimum Gasteiger partial charge on any atom is -0.380 e. The van der Waals surface area contributed by atoms with Crippen LogP contribution in [0.15, 0.2) is 24.3 Å². The van der Waals surface area contributed by atoms with E-state index in [1.54, 1.807) is 7.11 Å². The Labute approximate surface area is 94.5 Å². The molecule has 15 heavy (non-hydrogen) atoms. The van der Waals surface area contributed by atoms with Crippen LogP contribution in [0, 0.1) is 6.92 Å². The summed E-state index contributed by atoms with van der Waals surface area (Å²) >= 11 is 0. The Morgan fingerprint density at radius 2 is 1.80 bits per heavy atom. The second kappa shape index (κ2) is 9.72. The van der Waals surface area contributed by atoms with Crippen molar-refractivity contribution >= 4 is 0 Å². The molecule has 0 N–H and O–H groups in total. The molecule has 1 heteroatoms. The monoisotopic (exact) mass is 208 g/mol. The van der Waals surface area contributed by atoms with E-state index >= 15 is 0 Å². The fourth-order valence-electron chi connectivity index (χ4n) is 1.32. The summed E-state index contributed by atoms with van der Waals surface area (Å²) in [5.41, 5.74) is 2.53. The van der Waals surface area contributed by atoms with E-state index in [0.717, 1.165) is 0 Å². The Morgan fingerprint density at radius 1 is 1.13 bits per heavy atom. The molecule has 0 aliphatic rings. The molecule has 0 radical (unpaired) electrons. The van der Waals surface area contributed by atoms with Gasteiger partial charge in [0.25, 0.3) is 0 Å². The van der Waals surface area contributed by atoms with Crippen molar-refractivity contribution in [3.8, 4) is 0 Å². The highest BCUT2D eigenvalue weighted by Gasteiger charge is 1.89. The van der Waals surface area contributed by atoms with Gasteiger partial charge in [0.05, 0.1) is 6.61 Å². The van der Waals surface area contributed by atoms with Crippen LogP contribution in [0.2, 0.25) is 0 Å². The second-order valence-corrected chi connectivity index (χ2v) is 3.78. The zero-order valence-electron chi connectivity index (χ0n) is 10.5. The van der Waals surface area contributed by atoms with Gasteiger partial charge in [0.15, 0.2) is 0 Å². The minimum atomic E-state index is 0.710. The predicted molar refractivity (Wildman–Crippen MR) is 67.1 cm³/mol. The fraction of sp³-hybridized carbons (Fsp3) is 0.571. The molecular weight excluding hydrogens is 184 g/mol. The van der Waals surface area contributed by atoms with Gasteiger partial charge in [-0.3, -0.25) is 0 Å². The highest BCUT2D eigenvalue weighted by Crippen LogP contribution is 2.03. The lowest BCUT2D eigenvalue weighted by molar-refractivity contribution is 0.185. The minimum absolute atomic E-state index is 0.710. The number of unbranched alkanes of at least 4 members (excludes halogenated alkanes) is 2. The zero-order chi connectivity index (χ0) is 11.5. The van der Waals surface area contributed by atoms with Crippen LogP contribution in [0.1, 0.15) is 44.2 Å². The summed E-state index contributed by atoms with van der Waals surface area (Å²) in [6.45, 7) is 7.22. The molecule has 0 fully saturated rings. The average molecular weight is 208 g/mol. The van der Waals surface area contributed by atoms with Gasteiger partial charge in [0.1, 0.15) is 0 Å². The molecule has 1 aromatic carbocycles. The summed E-state index contributed by atoms with van der Waals surface area (Å²) in [6.07, 6.45) is 4.08. The molecule has 0 aromatic heterocycles. The first-order chi connectivity index (χ1) is 7.24. The summed E-state index contributed by atoms with van der Waals surface area (Å²) in [6, 6.07) is 8.32. The van der Waals surface area contributed by atoms with Crippen LogP contribution >= 0.6 is 0 Å². The van der Waals surface area contributed by atoms with E-state index in [1.165, 1.54) is 30.4 Å². The maximum Gasteiger partial charge on any atom is 0.0713 e. The van der Waals surface area contributed by atoms with E-state index in [4.69, 9.17) is 4.74 Å². The molecule has 0 saturated heterocycles. The quantitative estimate of drug-likeness (QED) is 0.715. The number of hydrogen-bond donors (Lipinski definition) is 0. The number of ether oxygens (including phenoxy) is 1. The van der Waals surface area contributed by atoms with Gasteiger partial charge in [-0.25, -0.2) is 0 Å². The van der Waals surface area contributed by atoms with Gasteiger partial charge in [-0.2, -0.15) is 0 Å². The van der Waals surface area contributed by atoms with Crippen molar-refractivity contribution in [1.29, 1.82) is 0 Å². The molecular formula is C14H24O. The molecule has 0 aliphatic heterocycles. The van der Waals surface area contributed by atoms with Crippen molar-refractivity contribution in [2.75, 3.05) is 7.11 Å². The lowest BCUT2D eigenvalue weighted by Gasteiger charge is -1.98. The number of benzene rings is 1. The fourth-order valence-corrected chi connectivity index (χ4v) is 1.32. The lowest BCUT2D eigenvalue weighted by Crippen LogP contribution is -1.86. The van der Waals surface area contributed by atoms with E-state index in [1.807, 2.05) is 6.07 Å². The van der Waals surface area contributed by atoms with Crippen LogP contribution in [0.5, 0.6) is 0 Å². The van der Waals surface area contributed by atoms with E-state index in [2.05, 4.69) is 39.0 Å². The van der Waals surface area contributed by atoms with E-state index in [-0.39, 0.29) is 0 Å². The molecule has 0 bridgehead atoms. The molecule has 0 amide bonds. The summed E-state index contributed by atoms with van der Waals surface area (Å²) < 4.78 is 4.98. The third kappa shape index (κ3) is 8.19. The standard InChI is InChI=1S/C9H12O.C5H12/c1-8-4-3-5-9(6-8)7-10-2;1-3-5-4-2/h3-6H,7H2,1-2H3;3-5H2,1-2H3. The molecule has 0 aliphatic carbocycles. The van der Waals surface area contributed by atoms with Gasteiger partial charge in [-0.15, -0.1) is 0 Å². The van der Waals surface area contributed by atoms with E-state index in [9.17, 15) is 0 Å². The summed E-state index contributed by atoms with van der Waals surface area (Å²) in [5, 5.41) is 0. The Morgan fingerprint density at radius 3 is 2.20 bits per heavy atom. The van der Waals surface area contributed by atoms with Gasteiger partial charge in [0.2, 0.25) is 0 Å². The SMILES string of the molecule is CCCCC.COCc1cccc(C)c1. The van der Waals surface area contributed by atoms with Crippen LogP contribution in [-0.2, 0) is 11.3 Å². The zero-order valence-corrected chi connectivity index (χ0v) is 10.5. The van der Waals surface area contributed by atoms with Gasteiger partial charge < -0.3 is 4.74 Å². The Hall–Kier alpha value is -0.820. The van der Waals surface area contributed by atoms with Gasteiger partial charge in [-0.05, 0) is 12.5 Å². The maximum absolute atomic E-state index is 4.98. The van der Waals surface area contributed by atoms with Crippen LogP contribution in [0.3, 0.4) is 0 Å². The van der Waals surface area contributed by atoms with Crippen LogP contribution in [0.25, 0.3) is 0 Å². The average Bonchev–Trinajstić information content (AvgIpc) is 2.20. The Bertz CT molecular complexity index is 241. The first kappa shape index (κ1) is 14.2. The Balaban J connectivity index is 0.000000336. The Kier molecular flexibility index (Phi) is 9.19.